The van der Waals surface area contributed by atoms with Gasteiger partial charge in [-0.25, -0.2) is 9.82 Å². The topological polar surface area (TPSA) is 47.3 Å². The molecule has 3 unspecified atom stereocenters. The summed E-state index contributed by atoms with van der Waals surface area (Å²) in [5.74, 6) is 6.16. The number of hydrazine groups is 1. The van der Waals surface area contributed by atoms with E-state index in [1.165, 1.54) is 12.5 Å². The zero-order valence-electron chi connectivity index (χ0n) is 13.3. The second-order valence-electron chi connectivity index (χ2n) is 6.32. The van der Waals surface area contributed by atoms with Crippen LogP contribution < -0.4 is 11.3 Å². The normalized spacial score (nSPS) is 27.6. The molecule has 3 nitrogen and oxygen atoms in total. The molecular weight excluding hydrogens is 267 g/mol. The summed E-state index contributed by atoms with van der Waals surface area (Å²) >= 11 is 0. The predicted octanol–water partition coefficient (Wildman–Crippen LogP) is 3.62. The van der Waals surface area contributed by atoms with Crippen LogP contribution in [0.3, 0.4) is 0 Å². The molecule has 1 aromatic rings. The zero-order valence-corrected chi connectivity index (χ0v) is 13.3. The Morgan fingerprint density at radius 3 is 2.90 bits per heavy atom. The Labute approximate surface area is 127 Å². The smallest absolute Gasteiger partial charge is 0.128 e. The van der Waals surface area contributed by atoms with Crippen LogP contribution in [0.15, 0.2) is 18.2 Å². The highest BCUT2D eigenvalue weighted by Crippen LogP contribution is 2.44. The van der Waals surface area contributed by atoms with Crippen molar-refractivity contribution in [3.63, 3.8) is 0 Å². The average molecular weight is 294 g/mol. The molecule has 0 bridgehead atoms. The molecule has 0 heterocycles. The van der Waals surface area contributed by atoms with Crippen LogP contribution in [0.25, 0.3) is 0 Å². The van der Waals surface area contributed by atoms with Crippen LogP contribution in [0.4, 0.5) is 4.39 Å². The van der Waals surface area contributed by atoms with Crippen molar-refractivity contribution >= 4 is 0 Å². The predicted molar refractivity (Wildman–Crippen MR) is 83.2 cm³/mol. The minimum atomic E-state index is -0.421. The fourth-order valence-electron chi connectivity index (χ4n) is 3.72. The van der Waals surface area contributed by atoms with Gasteiger partial charge in [0.25, 0.3) is 0 Å². The third-order valence-corrected chi connectivity index (χ3v) is 4.58. The molecular formula is C17H27FN2O. The number of aryl methyl sites for hydroxylation is 1. The first kappa shape index (κ1) is 16.4. The lowest BCUT2D eigenvalue weighted by molar-refractivity contribution is -0.102. The minimum absolute atomic E-state index is 0.221. The molecule has 3 N–H and O–H groups in total. The third-order valence-electron chi connectivity index (χ3n) is 4.58. The molecule has 118 valence electrons. The summed E-state index contributed by atoms with van der Waals surface area (Å²) in [6.45, 7) is 6.79. The van der Waals surface area contributed by atoms with Crippen molar-refractivity contribution < 1.29 is 9.13 Å². The molecule has 0 saturated heterocycles. The monoisotopic (exact) mass is 294 g/mol. The Balaban J connectivity index is 2.42. The van der Waals surface area contributed by atoms with Gasteiger partial charge >= 0.3 is 0 Å². The molecule has 3 atom stereocenters. The van der Waals surface area contributed by atoms with Gasteiger partial charge in [-0.2, -0.15) is 0 Å². The molecule has 1 fully saturated rings. The van der Waals surface area contributed by atoms with Crippen LogP contribution in [-0.4, -0.2) is 12.2 Å². The van der Waals surface area contributed by atoms with Crippen LogP contribution in [0.2, 0.25) is 0 Å². The molecule has 21 heavy (non-hydrogen) atoms. The van der Waals surface area contributed by atoms with Gasteiger partial charge in [-0.15, -0.1) is 0 Å². The summed E-state index contributed by atoms with van der Waals surface area (Å²) in [7, 11) is 0. The molecule has 1 aliphatic rings. The van der Waals surface area contributed by atoms with Crippen LogP contribution in [0.5, 0.6) is 0 Å². The van der Waals surface area contributed by atoms with E-state index in [0.29, 0.717) is 18.1 Å². The van der Waals surface area contributed by atoms with E-state index in [-0.39, 0.29) is 11.9 Å². The Morgan fingerprint density at radius 1 is 1.52 bits per heavy atom. The van der Waals surface area contributed by atoms with E-state index >= 15 is 0 Å². The fourth-order valence-corrected chi connectivity index (χ4v) is 3.72. The van der Waals surface area contributed by atoms with Gasteiger partial charge in [0.2, 0.25) is 0 Å². The first-order valence-corrected chi connectivity index (χ1v) is 7.88. The van der Waals surface area contributed by atoms with Gasteiger partial charge in [0.1, 0.15) is 5.82 Å². The van der Waals surface area contributed by atoms with Gasteiger partial charge in [-0.05, 0) is 38.7 Å². The highest BCUT2D eigenvalue weighted by molar-refractivity contribution is 5.29. The number of halogens is 1. The number of nitrogens with one attached hydrogen (secondary N) is 1. The van der Waals surface area contributed by atoms with Crippen LogP contribution in [0.1, 0.15) is 56.7 Å². The van der Waals surface area contributed by atoms with Crippen LogP contribution in [0, 0.1) is 18.7 Å². The first-order valence-electron chi connectivity index (χ1n) is 7.88. The molecule has 4 heteroatoms. The lowest BCUT2D eigenvalue weighted by Crippen LogP contribution is -2.51. The standard InChI is InChI=1S/C17H27FN2O/c1-4-21-17(9-5-6-13(3)11-17)16(20-19)14-10-12(2)7-8-15(14)18/h7-8,10,13,16,20H,4-6,9,11,19H2,1-3H3. The van der Waals surface area contributed by atoms with Crippen molar-refractivity contribution in [3.05, 3.63) is 35.1 Å². The first-order chi connectivity index (χ1) is 10.0. The summed E-state index contributed by atoms with van der Waals surface area (Å²) in [5.41, 5.74) is 4.06. The maximum absolute atomic E-state index is 14.3. The molecule has 1 aliphatic carbocycles. The van der Waals surface area contributed by atoms with Crippen LogP contribution in [-0.2, 0) is 4.74 Å². The van der Waals surface area contributed by atoms with Gasteiger partial charge in [0, 0.05) is 12.2 Å². The maximum Gasteiger partial charge on any atom is 0.128 e. The number of rotatable bonds is 5. The highest BCUT2D eigenvalue weighted by Gasteiger charge is 2.44. The van der Waals surface area contributed by atoms with Gasteiger partial charge in [0.05, 0.1) is 11.6 Å². The minimum Gasteiger partial charge on any atom is -0.373 e. The molecule has 1 saturated carbocycles. The molecule has 0 amide bonds. The van der Waals surface area contributed by atoms with Gasteiger partial charge in [-0.1, -0.05) is 37.5 Å². The Bertz CT molecular complexity index is 476. The zero-order chi connectivity index (χ0) is 15.5. The summed E-state index contributed by atoms with van der Waals surface area (Å²) in [6, 6.07) is 4.85. The number of hydrogen-bond acceptors (Lipinski definition) is 3. The molecule has 0 radical (unpaired) electrons. The average Bonchev–Trinajstić information content (AvgIpc) is 2.43. The van der Waals surface area contributed by atoms with Crippen molar-refractivity contribution in [1.29, 1.82) is 0 Å². The lowest BCUT2D eigenvalue weighted by atomic mass is 9.72. The highest BCUT2D eigenvalue weighted by atomic mass is 19.1. The molecule has 1 aromatic carbocycles. The Kier molecular flexibility index (Phi) is 5.36. The maximum atomic E-state index is 14.3. The number of nitrogens with two attached hydrogens (primary N) is 1. The molecule has 2 rings (SSSR count). The van der Waals surface area contributed by atoms with E-state index in [1.54, 1.807) is 6.07 Å². The van der Waals surface area contributed by atoms with Crippen molar-refractivity contribution in [1.82, 2.24) is 5.43 Å². The van der Waals surface area contributed by atoms with Gasteiger partial charge in [0.15, 0.2) is 0 Å². The summed E-state index contributed by atoms with van der Waals surface area (Å²) in [4.78, 5) is 0. The summed E-state index contributed by atoms with van der Waals surface area (Å²) in [6.07, 6.45) is 4.10. The van der Waals surface area contributed by atoms with Crippen molar-refractivity contribution in [2.24, 2.45) is 11.8 Å². The van der Waals surface area contributed by atoms with E-state index in [0.717, 1.165) is 24.8 Å². The fraction of sp³-hybridized carbons (Fsp3) is 0.647. The molecule has 0 spiro atoms. The van der Waals surface area contributed by atoms with Gasteiger partial charge < -0.3 is 4.74 Å². The lowest BCUT2D eigenvalue weighted by Gasteiger charge is -2.45. The van der Waals surface area contributed by atoms with Crippen molar-refractivity contribution in [2.75, 3.05) is 6.61 Å². The SMILES string of the molecule is CCOC1(C(NN)c2cc(C)ccc2F)CCCC(C)C1. The second kappa shape index (κ2) is 6.86. The van der Waals surface area contributed by atoms with E-state index in [9.17, 15) is 4.39 Å². The number of benzene rings is 1. The van der Waals surface area contributed by atoms with Crippen molar-refractivity contribution in [3.8, 4) is 0 Å². The van der Waals surface area contributed by atoms with Crippen LogP contribution >= 0.6 is 0 Å². The summed E-state index contributed by atoms with van der Waals surface area (Å²) in [5, 5.41) is 0. The van der Waals surface area contributed by atoms with E-state index in [1.807, 2.05) is 19.9 Å². The van der Waals surface area contributed by atoms with E-state index in [4.69, 9.17) is 10.6 Å². The van der Waals surface area contributed by atoms with E-state index < -0.39 is 5.60 Å². The number of hydrogen-bond donors (Lipinski definition) is 2. The largest absolute Gasteiger partial charge is 0.373 e. The quantitative estimate of drug-likeness (QED) is 0.644. The summed E-state index contributed by atoms with van der Waals surface area (Å²) < 4.78 is 20.5. The van der Waals surface area contributed by atoms with Crippen molar-refractivity contribution in [2.45, 2.75) is 58.1 Å². The second-order valence-corrected chi connectivity index (χ2v) is 6.32. The van der Waals surface area contributed by atoms with E-state index in [2.05, 4.69) is 12.3 Å². The molecule has 0 aliphatic heterocycles. The number of ether oxygens (including phenoxy) is 1. The Morgan fingerprint density at radius 2 is 2.29 bits per heavy atom. The Hall–Kier alpha value is -0.970. The third kappa shape index (κ3) is 3.44. The van der Waals surface area contributed by atoms with Gasteiger partial charge in [-0.3, -0.25) is 5.84 Å². The molecule has 0 aromatic heterocycles.